The average Bonchev–Trinajstić information content (AvgIpc) is 2.31. The fourth-order valence-electron chi connectivity index (χ4n) is 0.789. The highest BCUT2D eigenvalue weighted by molar-refractivity contribution is 5.89. The van der Waals surface area contributed by atoms with Crippen molar-refractivity contribution in [2.75, 3.05) is 13.2 Å². The molecule has 0 radical (unpaired) electrons. The van der Waals surface area contributed by atoms with Crippen molar-refractivity contribution in [3.8, 4) is 0 Å². The van der Waals surface area contributed by atoms with E-state index in [1.54, 1.807) is 19.1 Å². The minimum atomic E-state index is -0.256. The van der Waals surface area contributed by atoms with Gasteiger partial charge in [-0.3, -0.25) is 0 Å². The lowest BCUT2D eigenvalue weighted by Crippen LogP contribution is -2.05. The van der Waals surface area contributed by atoms with Gasteiger partial charge in [-0.15, -0.1) is 0 Å². The molecule has 3 nitrogen and oxygen atoms in total. The fraction of sp³-hybridized carbons (Fsp3) is 0.462. The molecule has 0 aliphatic carbocycles. The summed E-state index contributed by atoms with van der Waals surface area (Å²) < 4.78 is 4.79. The highest BCUT2D eigenvalue weighted by Gasteiger charge is 2.02. The minimum Gasteiger partial charge on any atom is -0.462 e. The van der Waals surface area contributed by atoms with Crippen molar-refractivity contribution in [1.82, 2.24) is 0 Å². The summed E-state index contributed by atoms with van der Waals surface area (Å²) in [6, 6.07) is 8.96. The number of carbonyl (C=O) groups is 1. The van der Waals surface area contributed by atoms with Crippen molar-refractivity contribution in [2.24, 2.45) is 11.7 Å². The van der Waals surface area contributed by atoms with E-state index in [0.29, 0.717) is 18.1 Å². The van der Waals surface area contributed by atoms with Crippen LogP contribution in [-0.2, 0) is 4.74 Å². The van der Waals surface area contributed by atoms with Crippen LogP contribution in [0.5, 0.6) is 0 Å². The predicted octanol–water partition coefficient (Wildman–Crippen LogP) is 2.46. The molecular weight excluding hydrogens is 202 g/mol. The Kier molecular flexibility index (Phi) is 8.17. The first-order valence-electron chi connectivity index (χ1n) is 5.54. The molecule has 0 spiro atoms. The van der Waals surface area contributed by atoms with Gasteiger partial charge in [0.1, 0.15) is 0 Å². The zero-order valence-electron chi connectivity index (χ0n) is 10.3. The standard InChI is InChI=1S/C9H10O2.C4H11N/c1-2-11-9(10)8-6-4-3-5-7-8;1-4(2)3-5/h3-7H,2H2,1H3;4H,3,5H2,1-2H3. The number of nitrogens with two attached hydrogens (primary N) is 1. The Morgan fingerprint density at radius 3 is 2.19 bits per heavy atom. The van der Waals surface area contributed by atoms with Crippen molar-refractivity contribution >= 4 is 5.97 Å². The van der Waals surface area contributed by atoms with Crippen LogP contribution in [0.15, 0.2) is 30.3 Å². The van der Waals surface area contributed by atoms with Crippen LogP contribution in [0.1, 0.15) is 31.1 Å². The smallest absolute Gasteiger partial charge is 0.338 e. The highest BCUT2D eigenvalue weighted by Crippen LogP contribution is 1.99. The summed E-state index contributed by atoms with van der Waals surface area (Å²) in [5, 5.41) is 0. The molecule has 0 saturated heterocycles. The summed E-state index contributed by atoms with van der Waals surface area (Å²) in [6.45, 7) is 7.22. The molecule has 1 aromatic carbocycles. The Bertz CT molecular complexity index is 283. The van der Waals surface area contributed by atoms with Gasteiger partial charge in [-0.05, 0) is 31.5 Å². The molecule has 0 unspecified atom stereocenters. The van der Waals surface area contributed by atoms with Gasteiger partial charge in [0.15, 0.2) is 0 Å². The number of hydrogen-bond donors (Lipinski definition) is 1. The Hall–Kier alpha value is -1.35. The molecule has 16 heavy (non-hydrogen) atoms. The summed E-state index contributed by atoms with van der Waals surface area (Å²) in [6.07, 6.45) is 0. The minimum absolute atomic E-state index is 0.256. The lowest BCUT2D eigenvalue weighted by atomic mass is 10.2. The monoisotopic (exact) mass is 223 g/mol. The molecule has 0 bridgehead atoms. The highest BCUT2D eigenvalue weighted by atomic mass is 16.5. The molecular formula is C13H21NO2. The maximum atomic E-state index is 11.0. The summed E-state index contributed by atoms with van der Waals surface area (Å²) in [4.78, 5) is 11.0. The molecule has 90 valence electrons. The summed E-state index contributed by atoms with van der Waals surface area (Å²) in [7, 11) is 0. The Labute approximate surface area is 97.6 Å². The first-order valence-corrected chi connectivity index (χ1v) is 5.54. The van der Waals surface area contributed by atoms with Crippen LogP contribution in [0.25, 0.3) is 0 Å². The van der Waals surface area contributed by atoms with E-state index in [0.717, 1.165) is 6.54 Å². The van der Waals surface area contributed by atoms with Crippen molar-refractivity contribution < 1.29 is 9.53 Å². The van der Waals surface area contributed by atoms with Gasteiger partial charge >= 0.3 is 5.97 Å². The van der Waals surface area contributed by atoms with Crippen LogP contribution in [0.3, 0.4) is 0 Å². The second-order valence-electron chi connectivity index (χ2n) is 3.72. The van der Waals surface area contributed by atoms with E-state index in [1.807, 2.05) is 18.2 Å². The molecule has 0 atom stereocenters. The number of rotatable bonds is 3. The van der Waals surface area contributed by atoms with E-state index in [9.17, 15) is 4.79 Å². The predicted molar refractivity (Wildman–Crippen MR) is 66.3 cm³/mol. The third kappa shape index (κ3) is 7.01. The second kappa shape index (κ2) is 8.92. The molecule has 1 rings (SSSR count). The Morgan fingerprint density at radius 1 is 1.31 bits per heavy atom. The van der Waals surface area contributed by atoms with E-state index < -0.39 is 0 Å². The molecule has 2 N–H and O–H groups in total. The zero-order chi connectivity index (χ0) is 12.4. The molecule has 0 aliphatic heterocycles. The zero-order valence-corrected chi connectivity index (χ0v) is 10.3. The maximum absolute atomic E-state index is 11.0. The van der Waals surface area contributed by atoms with Gasteiger partial charge in [0, 0.05) is 0 Å². The van der Waals surface area contributed by atoms with Crippen LogP contribution in [0.4, 0.5) is 0 Å². The van der Waals surface area contributed by atoms with Crippen molar-refractivity contribution in [2.45, 2.75) is 20.8 Å². The molecule has 0 aromatic heterocycles. The van der Waals surface area contributed by atoms with Crippen LogP contribution in [0.2, 0.25) is 0 Å². The summed E-state index contributed by atoms with van der Waals surface area (Å²) in [5.74, 6) is 0.406. The lowest BCUT2D eigenvalue weighted by molar-refractivity contribution is 0.0526. The van der Waals surface area contributed by atoms with Crippen molar-refractivity contribution in [3.63, 3.8) is 0 Å². The number of benzene rings is 1. The normalized spacial score (nSPS) is 9.31. The van der Waals surface area contributed by atoms with E-state index in [2.05, 4.69) is 13.8 Å². The Balaban J connectivity index is 0.000000385. The molecule has 0 fully saturated rings. The summed E-state index contributed by atoms with van der Waals surface area (Å²) >= 11 is 0. The second-order valence-corrected chi connectivity index (χ2v) is 3.72. The molecule has 0 heterocycles. The van der Waals surface area contributed by atoms with Gasteiger partial charge in [-0.1, -0.05) is 32.0 Å². The first kappa shape index (κ1) is 14.6. The van der Waals surface area contributed by atoms with Crippen LogP contribution in [-0.4, -0.2) is 19.1 Å². The third-order valence-corrected chi connectivity index (χ3v) is 1.76. The lowest BCUT2D eigenvalue weighted by Gasteiger charge is -1.99. The van der Waals surface area contributed by atoms with Gasteiger partial charge in [-0.25, -0.2) is 4.79 Å². The topological polar surface area (TPSA) is 52.3 Å². The number of hydrogen-bond acceptors (Lipinski definition) is 3. The van der Waals surface area contributed by atoms with E-state index in [1.165, 1.54) is 0 Å². The van der Waals surface area contributed by atoms with E-state index in [-0.39, 0.29) is 5.97 Å². The number of carbonyl (C=O) groups excluding carboxylic acids is 1. The number of esters is 1. The fourth-order valence-corrected chi connectivity index (χ4v) is 0.789. The molecule has 0 saturated carbocycles. The number of ether oxygens (including phenoxy) is 1. The molecule has 0 aliphatic rings. The molecule has 0 amide bonds. The molecule has 1 aromatic rings. The average molecular weight is 223 g/mol. The first-order chi connectivity index (χ1) is 7.61. The SMILES string of the molecule is CC(C)CN.CCOC(=O)c1ccccc1. The molecule has 3 heteroatoms. The van der Waals surface area contributed by atoms with Crippen molar-refractivity contribution in [3.05, 3.63) is 35.9 Å². The van der Waals surface area contributed by atoms with Crippen LogP contribution in [0, 0.1) is 5.92 Å². The summed E-state index contributed by atoms with van der Waals surface area (Å²) in [5.41, 5.74) is 5.78. The van der Waals surface area contributed by atoms with Gasteiger partial charge < -0.3 is 10.5 Å². The maximum Gasteiger partial charge on any atom is 0.338 e. The van der Waals surface area contributed by atoms with Crippen molar-refractivity contribution in [1.29, 1.82) is 0 Å². The van der Waals surface area contributed by atoms with E-state index in [4.69, 9.17) is 10.5 Å². The van der Waals surface area contributed by atoms with Gasteiger partial charge in [0.05, 0.1) is 12.2 Å². The van der Waals surface area contributed by atoms with Gasteiger partial charge in [0.25, 0.3) is 0 Å². The van der Waals surface area contributed by atoms with Crippen LogP contribution < -0.4 is 5.73 Å². The quantitative estimate of drug-likeness (QED) is 0.801. The van der Waals surface area contributed by atoms with Gasteiger partial charge in [0.2, 0.25) is 0 Å². The van der Waals surface area contributed by atoms with Crippen LogP contribution >= 0.6 is 0 Å². The van der Waals surface area contributed by atoms with Gasteiger partial charge in [-0.2, -0.15) is 0 Å². The largest absolute Gasteiger partial charge is 0.462 e. The Morgan fingerprint density at radius 2 is 1.81 bits per heavy atom. The van der Waals surface area contributed by atoms with E-state index >= 15 is 0 Å². The third-order valence-electron chi connectivity index (χ3n) is 1.76.